The second-order valence-corrected chi connectivity index (χ2v) is 8.49. The summed E-state index contributed by atoms with van der Waals surface area (Å²) in [6, 6.07) is 14.5. The van der Waals surface area contributed by atoms with Gasteiger partial charge in [-0.1, -0.05) is 58.8 Å². The van der Waals surface area contributed by atoms with Crippen LogP contribution in [0.25, 0.3) is 0 Å². The third-order valence-corrected chi connectivity index (χ3v) is 7.26. The molecule has 2 nitrogen and oxygen atoms in total. The van der Waals surface area contributed by atoms with Gasteiger partial charge in [0.1, 0.15) is 5.75 Å². The minimum atomic E-state index is -0.00147. The molecule has 0 radical (unpaired) electrons. The highest BCUT2D eigenvalue weighted by Crippen LogP contribution is 2.50. The highest BCUT2D eigenvalue weighted by atomic mass is 31.1. The van der Waals surface area contributed by atoms with Crippen LogP contribution >= 0.6 is 8.58 Å². The molecule has 3 heteroatoms. The first kappa shape index (κ1) is 19.0. The molecule has 0 aromatic heterocycles. The van der Waals surface area contributed by atoms with Gasteiger partial charge in [-0.05, 0) is 56.4 Å². The fourth-order valence-corrected chi connectivity index (χ4v) is 5.15. The van der Waals surface area contributed by atoms with E-state index in [1.54, 1.807) is 0 Å². The molecule has 0 bridgehead atoms. The lowest BCUT2D eigenvalue weighted by atomic mass is 9.92. The molecule has 1 atom stereocenters. The maximum absolute atomic E-state index is 10.5. The molecule has 1 N–H and O–H groups in total. The van der Waals surface area contributed by atoms with Crippen LogP contribution in [0.5, 0.6) is 5.75 Å². The van der Waals surface area contributed by atoms with Crippen molar-refractivity contribution in [3.05, 3.63) is 59.2 Å². The molecule has 0 heterocycles. The summed E-state index contributed by atoms with van der Waals surface area (Å²) in [7, 11) is 4.88. The first-order valence-electron chi connectivity index (χ1n) is 8.73. The number of benzene rings is 2. The molecule has 2 rings (SSSR count). The second kappa shape index (κ2) is 8.14. The molecule has 0 amide bonds. The summed E-state index contributed by atoms with van der Waals surface area (Å²) >= 11 is 0. The zero-order chi connectivity index (χ0) is 17.7. The lowest BCUT2D eigenvalue weighted by molar-refractivity contribution is 0.403. The minimum absolute atomic E-state index is 0.00147. The highest BCUT2D eigenvalue weighted by molar-refractivity contribution is 7.48. The fourth-order valence-electron chi connectivity index (χ4n) is 3.37. The summed E-state index contributed by atoms with van der Waals surface area (Å²) in [5.41, 5.74) is 3.85. The van der Waals surface area contributed by atoms with Gasteiger partial charge in [0.25, 0.3) is 0 Å². The van der Waals surface area contributed by atoms with Gasteiger partial charge in [-0.3, -0.25) is 0 Å². The molecular formula is C21H30NOP. The summed E-state index contributed by atoms with van der Waals surface area (Å²) in [6.45, 7) is 7.65. The van der Waals surface area contributed by atoms with Gasteiger partial charge in [0.05, 0.1) is 0 Å². The Morgan fingerprint density at radius 3 is 2.25 bits per heavy atom. The van der Waals surface area contributed by atoms with E-state index in [1.165, 1.54) is 16.4 Å². The van der Waals surface area contributed by atoms with Gasteiger partial charge in [-0.2, -0.15) is 0 Å². The number of para-hydroxylation sites is 1. The monoisotopic (exact) mass is 343 g/mol. The quantitative estimate of drug-likeness (QED) is 0.731. The smallest absolute Gasteiger partial charge is 0.119 e. The van der Waals surface area contributed by atoms with Crippen molar-refractivity contribution in [3.8, 4) is 5.75 Å². The standard InChI is InChI=1S/C21H30NOP/c1-6-21(7-2,18-13-8-9-14-19(18)23)24-20-16(3)11-10-12-17(20)15-22(4)5/h8-14,23-24H,6-7,15H2,1-5H3. The number of rotatable bonds is 7. The van der Waals surface area contributed by atoms with Crippen molar-refractivity contribution in [1.29, 1.82) is 0 Å². The molecule has 0 aliphatic carbocycles. The van der Waals surface area contributed by atoms with Crippen LogP contribution in [0.3, 0.4) is 0 Å². The number of hydrogen-bond donors (Lipinski definition) is 1. The van der Waals surface area contributed by atoms with E-state index in [0.717, 1.165) is 24.9 Å². The van der Waals surface area contributed by atoms with Crippen molar-refractivity contribution < 1.29 is 5.11 Å². The van der Waals surface area contributed by atoms with Crippen molar-refractivity contribution in [3.63, 3.8) is 0 Å². The molecule has 0 saturated heterocycles. The Labute approximate surface area is 148 Å². The number of hydrogen-bond acceptors (Lipinski definition) is 2. The molecule has 0 saturated carbocycles. The molecule has 0 fully saturated rings. The lowest BCUT2D eigenvalue weighted by Crippen LogP contribution is -2.25. The van der Waals surface area contributed by atoms with Crippen LogP contribution in [-0.4, -0.2) is 24.1 Å². The molecule has 1 unspecified atom stereocenters. The van der Waals surface area contributed by atoms with Crippen LogP contribution in [0, 0.1) is 6.92 Å². The van der Waals surface area contributed by atoms with Crippen LogP contribution < -0.4 is 5.30 Å². The van der Waals surface area contributed by atoms with Crippen molar-refractivity contribution in [2.75, 3.05) is 14.1 Å². The molecule has 2 aromatic rings. The van der Waals surface area contributed by atoms with Crippen molar-refractivity contribution >= 4 is 13.9 Å². The van der Waals surface area contributed by atoms with Gasteiger partial charge >= 0.3 is 0 Å². The zero-order valence-corrected chi connectivity index (χ0v) is 16.6. The fraction of sp³-hybridized carbons (Fsp3) is 0.429. The van der Waals surface area contributed by atoms with Gasteiger partial charge in [0, 0.05) is 17.3 Å². The van der Waals surface area contributed by atoms with E-state index in [-0.39, 0.29) is 5.16 Å². The van der Waals surface area contributed by atoms with Crippen LogP contribution in [0.2, 0.25) is 0 Å². The Kier molecular flexibility index (Phi) is 6.43. The zero-order valence-electron chi connectivity index (χ0n) is 15.6. The van der Waals surface area contributed by atoms with Gasteiger partial charge in [-0.25, -0.2) is 0 Å². The predicted molar refractivity (Wildman–Crippen MR) is 107 cm³/mol. The highest BCUT2D eigenvalue weighted by Gasteiger charge is 2.32. The summed E-state index contributed by atoms with van der Waals surface area (Å²) in [5, 5.41) is 11.9. The molecule has 0 spiro atoms. The predicted octanol–water partition coefficient (Wildman–Crippen LogP) is 4.78. The van der Waals surface area contributed by atoms with Crippen LogP contribution in [0.4, 0.5) is 0 Å². The maximum atomic E-state index is 10.5. The van der Waals surface area contributed by atoms with E-state index in [9.17, 15) is 5.11 Å². The van der Waals surface area contributed by atoms with E-state index in [2.05, 4.69) is 64.0 Å². The topological polar surface area (TPSA) is 23.5 Å². The number of phenols is 1. The summed E-state index contributed by atoms with van der Waals surface area (Å²) in [5.74, 6) is 0.427. The number of aromatic hydroxyl groups is 1. The van der Waals surface area contributed by atoms with Crippen molar-refractivity contribution in [2.45, 2.75) is 45.3 Å². The molecular weight excluding hydrogens is 313 g/mol. The van der Waals surface area contributed by atoms with Gasteiger partial charge in [0.2, 0.25) is 0 Å². The Bertz CT molecular complexity index is 677. The van der Waals surface area contributed by atoms with Gasteiger partial charge in [-0.15, -0.1) is 0 Å². The summed E-state index contributed by atoms with van der Waals surface area (Å²) in [6.07, 6.45) is 2.05. The van der Waals surface area contributed by atoms with Crippen molar-refractivity contribution in [1.82, 2.24) is 4.90 Å². The van der Waals surface area contributed by atoms with E-state index in [1.807, 2.05) is 18.2 Å². The van der Waals surface area contributed by atoms with E-state index < -0.39 is 0 Å². The van der Waals surface area contributed by atoms with Gasteiger partial charge < -0.3 is 10.0 Å². The molecule has 0 aliphatic heterocycles. The Balaban J connectivity index is 2.51. The number of nitrogens with zero attached hydrogens (tertiary/aromatic N) is 1. The maximum Gasteiger partial charge on any atom is 0.119 e. The normalized spacial score (nSPS) is 12.4. The van der Waals surface area contributed by atoms with E-state index >= 15 is 0 Å². The summed E-state index contributed by atoms with van der Waals surface area (Å²) in [4.78, 5) is 2.22. The average molecular weight is 343 g/mol. The number of phenolic OH excluding ortho intramolecular Hbond substituents is 1. The Hall–Kier alpha value is -1.37. The van der Waals surface area contributed by atoms with E-state index in [4.69, 9.17) is 0 Å². The Morgan fingerprint density at radius 2 is 1.67 bits per heavy atom. The first-order chi connectivity index (χ1) is 11.4. The lowest BCUT2D eigenvalue weighted by Gasteiger charge is -2.34. The van der Waals surface area contributed by atoms with E-state index in [0.29, 0.717) is 14.3 Å². The summed E-state index contributed by atoms with van der Waals surface area (Å²) < 4.78 is 0. The molecule has 0 aliphatic rings. The van der Waals surface area contributed by atoms with Crippen molar-refractivity contribution in [2.24, 2.45) is 0 Å². The largest absolute Gasteiger partial charge is 0.508 e. The molecule has 2 aromatic carbocycles. The van der Waals surface area contributed by atoms with Crippen LogP contribution in [0.1, 0.15) is 43.4 Å². The number of aryl methyl sites for hydroxylation is 1. The first-order valence-corrected chi connectivity index (χ1v) is 9.73. The third kappa shape index (κ3) is 3.99. The van der Waals surface area contributed by atoms with Gasteiger partial charge in [0.15, 0.2) is 0 Å². The second-order valence-electron chi connectivity index (χ2n) is 6.78. The van der Waals surface area contributed by atoms with Crippen LogP contribution in [0.15, 0.2) is 42.5 Å². The third-order valence-electron chi connectivity index (χ3n) is 4.84. The Morgan fingerprint density at radius 1 is 1.00 bits per heavy atom. The molecule has 24 heavy (non-hydrogen) atoms. The molecule has 130 valence electrons. The minimum Gasteiger partial charge on any atom is -0.508 e. The van der Waals surface area contributed by atoms with Crippen LogP contribution in [-0.2, 0) is 11.7 Å². The SMILES string of the molecule is CCC(CC)(Pc1c(C)cccc1CN(C)C)c1ccccc1O. The average Bonchev–Trinajstić information content (AvgIpc) is 2.55.